The van der Waals surface area contributed by atoms with Crippen molar-refractivity contribution in [2.24, 2.45) is 0 Å². The molecule has 0 saturated carbocycles. The number of ketones is 1. The van der Waals surface area contributed by atoms with Gasteiger partial charge in [-0.3, -0.25) is 14.5 Å². The summed E-state index contributed by atoms with van der Waals surface area (Å²) in [6, 6.07) is 24.2. The summed E-state index contributed by atoms with van der Waals surface area (Å²) < 4.78 is 18.1. The van der Waals surface area contributed by atoms with Gasteiger partial charge in [0.2, 0.25) is 5.13 Å². The lowest BCUT2D eigenvalue weighted by Gasteiger charge is -2.23. The van der Waals surface area contributed by atoms with Crippen LogP contribution < -0.4 is 19.1 Å². The van der Waals surface area contributed by atoms with Crippen LogP contribution in [0.25, 0.3) is 5.76 Å². The molecule has 1 aliphatic heterocycles. The van der Waals surface area contributed by atoms with Crippen molar-refractivity contribution in [3.05, 3.63) is 128 Å². The SMILES string of the molecule is CCCCOc1ccc(C2C(=C(O)c3ccc(OCc4cccc(C)c4)cc3)C(=O)C(=O)N2c2nnc(SCc3ccc(Cl)cc3Cl)s2)cc1OC. The van der Waals surface area contributed by atoms with Gasteiger partial charge < -0.3 is 19.3 Å². The van der Waals surface area contributed by atoms with Crippen LogP contribution in [0.5, 0.6) is 17.2 Å². The minimum Gasteiger partial charge on any atom is -0.507 e. The van der Waals surface area contributed by atoms with Gasteiger partial charge in [0.05, 0.1) is 25.3 Å². The zero-order valence-corrected chi connectivity index (χ0v) is 31.7. The molecule has 1 saturated heterocycles. The Kier molecular flexibility index (Phi) is 12.1. The first-order chi connectivity index (χ1) is 25.2. The zero-order chi connectivity index (χ0) is 36.8. The lowest BCUT2D eigenvalue weighted by Crippen LogP contribution is -2.29. The van der Waals surface area contributed by atoms with E-state index in [2.05, 4.69) is 17.1 Å². The number of carbonyl (C=O) groups excluding carboxylic acids is 2. The topological polar surface area (TPSA) is 111 Å². The van der Waals surface area contributed by atoms with Gasteiger partial charge in [-0.05, 0) is 78.6 Å². The number of amides is 1. The molecule has 0 bridgehead atoms. The van der Waals surface area contributed by atoms with Gasteiger partial charge in [-0.2, -0.15) is 0 Å². The number of hydrogen-bond donors (Lipinski definition) is 1. The smallest absolute Gasteiger partial charge is 0.301 e. The highest BCUT2D eigenvalue weighted by atomic mass is 35.5. The summed E-state index contributed by atoms with van der Waals surface area (Å²) in [5, 5.41) is 21.6. The van der Waals surface area contributed by atoms with E-state index in [0.717, 1.165) is 40.9 Å². The summed E-state index contributed by atoms with van der Waals surface area (Å²) in [6.45, 7) is 4.96. The van der Waals surface area contributed by atoms with E-state index in [1.165, 1.54) is 23.8 Å². The predicted molar refractivity (Wildman–Crippen MR) is 206 cm³/mol. The maximum atomic E-state index is 13.9. The molecule has 13 heteroatoms. The van der Waals surface area contributed by atoms with Gasteiger partial charge in [-0.25, -0.2) is 0 Å². The minimum atomic E-state index is -1.05. The van der Waals surface area contributed by atoms with E-state index in [1.54, 1.807) is 54.6 Å². The third-order valence-electron chi connectivity index (χ3n) is 8.29. The molecule has 1 aliphatic rings. The number of ether oxygens (including phenoxy) is 3. The highest BCUT2D eigenvalue weighted by Gasteiger charge is 2.48. The summed E-state index contributed by atoms with van der Waals surface area (Å²) in [7, 11) is 1.52. The van der Waals surface area contributed by atoms with Crippen molar-refractivity contribution in [2.75, 3.05) is 18.6 Å². The molecule has 1 N–H and O–H groups in total. The van der Waals surface area contributed by atoms with Gasteiger partial charge in [0.1, 0.15) is 18.1 Å². The molecule has 52 heavy (non-hydrogen) atoms. The molecule has 1 unspecified atom stereocenters. The quantitative estimate of drug-likeness (QED) is 0.0294. The van der Waals surface area contributed by atoms with Crippen LogP contribution >= 0.6 is 46.3 Å². The van der Waals surface area contributed by atoms with Crippen LogP contribution in [0.4, 0.5) is 5.13 Å². The Morgan fingerprint density at radius 1 is 0.962 bits per heavy atom. The summed E-state index contributed by atoms with van der Waals surface area (Å²) >= 11 is 15.0. The number of aliphatic hydroxyl groups excluding tert-OH is 1. The van der Waals surface area contributed by atoms with Crippen molar-refractivity contribution in [2.45, 2.75) is 49.4 Å². The Balaban J connectivity index is 1.34. The highest BCUT2D eigenvalue weighted by Crippen LogP contribution is 2.46. The van der Waals surface area contributed by atoms with Crippen molar-refractivity contribution in [1.82, 2.24) is 10.2 Å². The number of aryl methyl sites for hydroxylation is 1. The van der Waals surface area contributed by atoms with E-state index in [0.29, 0.717) is 61.7 Å². The van der Waals surface area contributed by atoms with Crippen molar-refractivity contribution in [3.8, 4) is 17.2 Å². The molecular weight excluding hydrogens is 741 g/mol. The van der Waals surface area contributed by atoms with E-state index >= 15 is 0 Å². The second-order valence-electron chi connectivity index (χ2n) is 12.0. The van der Waals surface area contributed by atoms with Crippen LogP contribution in [0.3, 0.4) is 0 Å². The Hall–Kier alpha value is -4.55. The molecule has 0 spiro atoms. The van der Waals surface area contributed by atoms with E-state index in [1.807, 2.05) is 37.3 Å². The fourth-order valence-electron chi connectivity index (χ4n) is 5.61. The lowest BCUT2D eigenvalue weighted by atomic mass is 9.95. The maximum absolute atomic E-state index is 13.9. The number of hydrogen-bond acceptors (Lipinski definition) is 10. The van der Waals surface area contributed by atoms with Gasteiger partial charge >= 0.3 is 5.91 Å². The first kappa shape index (κ1) is 37.2. The molecule has 1 amide bonds. The largest absolute Gasteiger partial charge is 0.507 e. The molecule has 9 nitrogen and oxygen atoms in total. The third-order valence-corrected chi connectivity index (χ3v) is 11.0. The first-order valence-corrected chi connectivity index (χ1v) is 19.0. The van der Waals surface area contributed by atoms with E-state index in [9.17, 15) is 14.7 Å². The number of benzene rings is 4. The number of aliphatic hydroxyl groups is 1. The number of carbonyl (C=O) groups is 2. The number of nitrogens with zero attached hydrogens (tertiary/aromatic N) is 3. The lowest BCUT2D eigenvalue weighted by molar-refractivity contribution is -0.132. The van der Waals surface area contributed by atoms with Crippen LogP contribution in [-0.4, -0.2) is 40.7 Å². The molecule has 1 atom stereocenters. The van der Waals surface area contributed by atoms with Crippen LogP contribution in [0.2, 0.25) is 10.0 Å². The van der Waals surface area contributed by atoms with Gasteiger partial charge in [0, 0.05) is 21.4 Å². The van der Waals surface area contributed by atoms with Gasteiger partial charge in [-0.15, -0.1) is 10.2 Å². The number of halogens is 2. The van der Waals surface area contributed by atoms with Crippen LogP contribution in [0.1, 0.15) is 53.6 Å². The first-order valence-electron chi connectivity index (χ1n) is 16.5. The molecule has 1 aromatic heterocycles. The molecule has 5 aromatic rings. The van der Waals surface area contributed by atoms with E-state index in [-0.39, 0.29) is 16.5 Å². The van der Waals surface area contributed by atoms with Crippen molar-refractivity contribution < 1.29 is 28.9 Å². The Morgan fingerprint density at radius 2 is 1.77 bits per heavy atom. The second-order valence-corrected chi connectivity index (χ2v) is 15.0. The summed E-state index contributed by atoms with van der Waals surface area (Å²) in [4.78, 5) is 29.0. The summed E-state index contributed by atoms with van der Waals surface area (Å²) in [6.07, 6.45) is 1.83. The number of thioether (sulfide) groups is 1. The standard InChI is InChI=1S/C39H35Cl2N3O6S2/c1-4-5-17-49-31-16-12-26(19-32(31)48-3)34-33(35(45)25-10-14-29(15-11-25)50-21-24-8-6-7-23(2)18-24)36(46)37(47)44(34)38-42-43-39(52-38)51-22-27-9-13-28(40)20-30(27)41/h6-16,18-20,34,45H,4-5,17,21-22H2,1-3H3. The summed E-state index contributed by atoms with van der Waals surface area (Å²) in [5.41, 5.74) is 3.76. The van der Waals surface area contributed by atoms with Crippen molar-refractivity contribution in [1.29, 1.82) is 0 Å². The summed E-state index contributed by atoms with van der Waals surface area (Å²) in [5.74, 6) is -0.0425. The zero-order valence-electron chi connectivity index (χ0n) is 28.6. The number of Topliss-reactive ketones (excluding diaryl/α,β-unsaturated/α-hetero) is 1. The number of aromatic nitrogens is 2. The van der Waals surface area contributed by atoms with Crippen LogP contribution in [0.15, 0.2) is 94.8 Å². The van der Waals surface area contributed by atoms with Crippen molar-refractivity contribution in [3.63, 3.8) is 0 Å². The molecular formula is C39H35Cl2N3O6S2. The molecule has 4 aromatic carbocycles. The highest BCUT2D eigenvalue weighted by molar-refractivity contribution is 8.00. The third kappa shape index (κ3) is 8.39. The molecule has 0 radical (unpaired) electrons. The molecule has 0 aliphatic carbocycles. The predicted octanol–water partition coefficient (Wildman–Crippen LogP) is 9.84. The maximum Gasteiger partial charge on any atom is 0.301 e. The molecule has 6 rings (SSSR count). The Morgan fingerprint density at radius 3 is 2.50 bits per heavy atom. The van der Waals surface area contributed by atoms with E-state index < -0.39 is 17.7 Å². The normalized spacial score (nSPS) is 15.2. The minimum absolute atomic E-state index is 0.0996. The number of methoxy groups -OCH3 is 1. The number of anilines is 1. The van der Waals surface area contributed by atoms with Gasteiger partial charge in [0.25, 0.3) is 5.78 Å². The average Bonchev–Trinajstić information content (AvgIpc) is 3.71. The Labute approximate surface area is 320 Å². The molecule has 268 valence electrons. The Bertz CT molecular complexity index is 2120. The molecule has 2 heterocycles. The monoisotopic (exact) mass is 775 g/mol. The number of unbranched alkanes of at least 4 members (excludes halogenated alkanes) is 1. The van der Waals surface area contributed by atoms with E-state index in [4.69, 9.17) is 37.4 Å². The van der Waals surface area contributed by atoms with Gasteiger partial charge in [0.15, 0.2) is 15.8 Å². The number of rotatable bonds is 14. The fourth-order valence-corrected chi connectivity index (χ4v) is 8.04. The van der Waals surface area contributed by atoms with Gasteiger partial charge in [-0.1, -0.05) is 102 Å². The van der Waals surface area contributed by atoms with Crippen LogP contribution in [0, 0.1) is 6.92 Å². The van der Waals surface area contributed by atoms with Crippen molar-refractivity contribution >= 4 is 68.9 Å². The van der Waals surface area contributed by atoms with Crippen LogP contribution in [-0.2, 0) is 21.9 Å². The fraction of sp³-hybridized carbons (Fsp3) is 0.231. The molecule has 1 fully saturated rings. The second kappa shape index (κ2) is 16.9. The average molecular weight is 777 g/mol.